The molecule has 4 heterocycles. The number of nitrogens with one attached hydrogen (secondary N) is 1. The summed E-state index contributed by atoms with van der Waals surface area (Å²) in [6, 6.07) is 9.59. The highest BCUT2D eigenvalue weighted by Gasteiger charge is 2.58. The topological polar surface area (TPSA) is 88.8 Å². The van der Waals surface area contributed by atoms with Crippen LogP contribution in [0.15, 0.2) is 48.8 Å². The first-order valence-electron chi connectivity index (χ1n) is 14.0. The van der Waals surface area contributed by atoms with Crippen LogP contribution in [0.1, 0.15) is 57.6 Å². The Morgan fingerprint density at radius 1 is 1.17 bits per heavy atom. The Balaban J connectivity index is 1.38. The van der Waals surface area contributed by atoms with Gasteiger partial charge in [0.1, 0.15) is 5.65 Å². The van der Waals surface area contributed by atoms with Crippen molar-refractivity contribution in [1.82, 2.24) is 19.3 Å². The molecule has 2 aliphatic carbocycles. The zero-order valence-corrected chi connectivity index (χ0v) is 24.5. The SMILES string of the molecule is COC(=O)c1cc2nc3c(n2cc1C)C[C@H]1[C@@H]3[C@H](c2ccnc(Cl)c2F)[C@H](C(=O)Nc2cccc(Cl)c2)N1CC1CC1. The number of carbonyl (C=O) groups is 2. The number of esters is 1. The number of ether oxygens (including phenoxy) is 1. The van der Waals surface area contributed by atoms with Crippen LogP contribution in [-0.2, 0) is 16.0 Å². The van der Waals surface area contributed by atoms with Crippen LogP contribution in [0.5, 0.6) is 0 Å². The van der Waals surface area contributed by atoms with Gasteiger partial charge < -0.3 is 14.5 Å². The number of pyridine rings is 2. The molecule has 0 spiro atoms. The van der Waals surface area contributed by atoms with Gasteiger partial charge in [0.15, 0.2) is 11.0 Å². The van der Waals surface area contributed by atoms with Gasteiger partial charge in [0.25, 0.3) is 0 Å². The van der Waals surface area contributed by atoms with Crippen LogP contribution in [0.2, 0.25) is 10.2 Å². The first kappa shape index (κ1) is 27.3. The summed E-state index contributed by atoms with van der Waals surface area (Å²) in [7, 11) is 1.35. The molecule has 1 saturated carbocycles. The summed E-state index contributed by atoms with van der Waals surface area (Å²) in [5.74, 6) is -1.69. The molecule has 0 unspecified atom stereocenters. The maximum Gasteiger partial charge on any atom is 0.338 e. The number of fused-ring (bicyclic) bond motifs is 5. The Labute approximate surface area is 251 Å². The van der Waals surface area contributed by atoms with Gasteiger partial charge in [-0.2, -0.15) is 0 Å². The second-order valence-corrected chi connectivity index (χ2v) is 12.2. The van der Waals surface area contributed by atoms with E-state index in [9.17, 15) is 9.59 Å². The van der Waals surface area contributed by atoms with E-state index in [1.807, 2.05) is 17.5 Å². The Morgan fingerprint density at radius 2 is 1.98 bits per heavy atom. The number of likely N-dealkylation sites (tertiary alicyclic amines) is 1. The number of methoxy groups -OCH3 is 1. The Hall–Kier alpha value is -3.53. The molecule has 8 nitrogen and oxygen atoms in total. The summed E-state index contributed by atoms with van der Waals surface area (Å²) >= 11 is 12.4. The highest BCUT2D eigenvalue weighted by atomic mass is 35.5. The smallest absolute Gasteiger partial charge is 0.338 e. The van der Waals surface area contributed by atoms with Crippen molar-refractivity contribution in [2.75, 3.05) is 19.0 Å². The molecule has 1 saturated heterocycles. The van der Waals surface area contributed by atoms with Gasteiger partial charge in [-0.15, -0.1) is 0 Å². The van der Waals surface area contributed by atoms with Gasteiger partial charge in [0.05, 0.1) is 24.4 Å². The number of rotatable bonds is 6. The fourth-order valence-electron chi connectivity index (χ4n) is 6.90. The molecule has 3 aliphatic rings. The standard InChI is InChI=1S/C31H28Cl2FN5O3/c1-15-13-38-22-12-21-25(27(22)37-23(38)11-20(15)31(41)42-2)24(19-8-9-35-29(33)26(19)34)28(39(21)14-16-6-7-16)30(40)36-18-5-3-4-17(32)10-18/h3-5,8-11,13,16,21,24-25,28H,6-7,12,14H2,1-2H3,(H,36,40)/t21-,24-,25+,28+/m0/s1. The third-order valence-corrected chi connectivity index (χ3v) is 9.40. The lowest BCUT2D eigenvalue weighted by atomic mass is 9.81. The van der Waals surface area contributed by atoms with Crippen molar-refractivity contribution in [3.63, 3.8) is 0 Å². The number of hydrogen-bond acceptors (Lipinski definition) is 6. The van der Waals surface area contributed by atoms with E-state index in [4.69, 9.17) is 32.9 Å². The molecule has 3 aromatic heterocycles. The zero-order chi connectivity index (χ0) is 29.3. The number of hydrogen-bond donors (Lipinski definition) is 1. The molecule has 1 aromatic carbocycles. The zero-order valence-electron chi connectivity index (χ0n) is 23.0. The Bertz CT molecular complexity index is 1760. The van der Waals surface area contributed by atoms with E-state index in [2.05, 4.69) is 15.2 Å². The van der Waals surface area contributed by atoms with Crippen LogP contribution in [0.3, 0.4) is 0 Å². The molecule has 1 N–H and O–H groups in total. The van der Waals surface area contributed by atoms with Crippen molar-refractivity contribution >= 4 is 46.4 Å². The van der Waals surface area contributed by atoms with E-state index in [-0.39, 0.29) is 23.0 Å². The lowest BCUT2D eigenvalue weighted by Gasteiger charge is -2.31. The van der Waals surface area contributed by atoms with Gasteiger partial charge in [0, 0.05) is 59.6 Å². The first-order valence-corrected chi connectivity index (χ1v) is 14.7. The lowest BCUT2D eigenvalue weighted by molar-refractivity contribution is -0.121. The minimum Gasteiger partial charge on any atom is -0.465 e. The van der Waals surface area contributed by atoms with Gasteiger partial charge in [-0.1, -0.05) is 29.3 Å². The maximum atomic E-state index is 15.8. The fraction of sp³-hybridized carbons (Fsp3) is 0.355. The van der Waals surface area contributed by atoms with Crippen LogP contribution in [0, 0.1) is 18.7 Å². The number of anilines is 1. The van der Waals surface area contributed by atoms with Crippen LogP contribution in [-0.4, -0.2) is 56.9 Å². The normalized spacial score (nSPS) is 23.2. The molecule has 1 aliphatic heterocycles. The van der Waals surface area contributed by atoms with E-state index >= 15 is 4.39 Å². The number of benzene rings is 1. The summed E-state index contributed by atoms with van der Waals surface area (Å²) in [4.78, 5) is 37.8. The average Bonchev–Trinajstić information content (AvgIpc) is 3.51. The number of halogens is 3. The van der Waals surface area contributed by atoms with E-state index in [1.54, 1.807) is 36.4 Å². The lowest BCUT2D eigenvalue weighted by Crippen LogP contribution is -2.46. The largest absolute Gasteiger partial charge is 0.465 e. The van der Waals surface area contributed by atoms with Crippen molar-refractivity contribution < 1.29 is 18.7 Å². The van der Waals surface area contributed by atoms with Gasteiger partial charge >= 0.3 is 5.97 Å². The van der Waals surface area contributed by atoms with E-state index < -0.39 is 23.7 Å². The molecule has 42 heavy (non-hydrogen) atoms. The second kappa shape index (κ2) is 10.3. The van der Waals surface area contributed by atoms with Crippen molar-refractivity contribution in [3.05, 3.63) is 92.9 Å². The molecule has 7 rings (SSSR count). The summed E-state index contributed by atoms with van der Waals surface area (Å²) in [6.45, 7) is 2.59. The third kappa shape index (κ3) is 4.46. The van der Waals surface area contributed by atoms with Crippen molar-refractivity contribution in [1.29, 1.82) is 0 Å². The molecular formula is C31H28Cl2FN5O3. The molecule has 0 radical (unpaired) electrons. The molecule has 4 atom stereocenters. The second-order valence-electron chi connectivity index (χ2n) is 11.4. The monoisotopic (exact) mass is 607 g/mol. The highest BCUT2D eigenvalue weighted by Crippen LogP contribution is 2.55. The van der Waals surface area contributed by atoms with E-state index in [0.717, 1.165) is 36.3 Å². The van der Waals surface area contributed by atoms with Crippen molar-refractivity contribution in [3.8, 4) is 0 Å². The molecule has 2 fully saturated rings. The van der Waals surface area contributed by atoms with Crippen LogP contribution >= 0.6 is 23.2 Å². The van der Waals surface area contributed by atoms with Crippen LogP contribution in [0.25, 0.3) is 5.65 Å². The summed E-state index contributed by atoms with van der Waals surface area (Å²) < 4.78 is 22.8. The van der Waals surface area contributed by atoms with Crippen molar-refractivity contribution in [2.45, 2.75) is 50.1 Å². The number of imidazole rings is 1. The van der Waals surface area contributed by atoms with E-state index in [1.165, 1.54) is 13.3 Å². The van der Waals surface area contributed by atoms with Crippen molar-refractivity contribution in [2.24, 2.45) is 5.92 Å². The number of nitrogens with zero attached hydrogens (tertiary/aromatic N) is 4. The van der Waals surface area contributed by atoms with Gasteiger partial charge in [-0.3, -0.25) is 9.69 Å². The minimum atomic E-state index is -0.683. The quantitative estimate of drug-likeness (QED) is 0.220. The third-order valence-electron chi connectivity index (χ3n) is 8.90. The maximum absolute atomic E-state index is 15.8. The summed E-state index contributed by atoms with van der Waals surface area (Å²) in [6.07, 6.45) is 6.21. The Morgan fingerprint density at radius 3 is 2.71 bits per heavy atom. The summed E-state index contributed by atoms with van der Waals surface area (Å²) in [5.41, 5.74) is 4.53. The van der Waals surface area contributed by atoms with Gasteiger partial charge in [-0.05, 0) is 67.1 Å². The number of amides is 1. The predicted molar refractivity (Wildman–Crippen MR) is 157 cm³/mol. The first-order chi connectivity index (χ1) is 20.2. The highest BCUT2D eigenvalue weighted by molar-refractivity contribution is 6.31. The number of carbonyl (C=O) groups excluding carboxylic acids is 2. The van der Waals surface area contributed by atoms with Crippen LogP contribution in [0.4, 0.5) is 10.1 Å². The summed E-state index contributed by atoms with van der Waals surface area (Å²) in [5, 5.41) is 3.32. The predicted octanol–water partition coefficient (Wildman–Crippen LogP) is 5.80. The number of aromatic nitrogens is 3. The molecule has 216 valence electrons. The molecule has 0 bridgehead atoms. The molecule has 4 aromatic rings. The Kier molecular flexibility index (Phi) is 6.72. The van der Waals surface area contributed by atoms with E-state index in [0.29, 0.717) is 39.8 Å². The van der Waals surface area contributed by atoms with Gasteiger partial charge in [-0.25, -0.2) is 19.2 Å². The number of aryl methyl sites for hydroxylation is 1. The van der Waals surface area contributed by atoms with Gasteiger partial charge in [0.2, 0.25) is 5.91 Å². The molecule has 1 amide bonds. The molecular weight excluding hydrogens is 580 g/mol. The minimum absolute atomic E-state index is 0.0768. The molecule has 11 heteroatoms. The van der Waals surface area contributed by atoms with Crippen LogP contribution < -0.4 is 5.32 Å². The average molecular weight is 609 g/mol. The fourth-order valence-corrected chi connectivity index (χ4v) is 7.26.